The SMILES string of the molecule is CCOC(=O)c1ccc(-c2ccc(/C=C3/SC(=S)N(Cc4ccco4)C3=O)o2)cc1. The number of thiocarbonyl (C=S) groups is 1. The highest BCUT2D eigenvalue weighted by Gasteiger charge is 2.32. The quantitative estimate of drug-likeness (QED) is 0.300. The number of ether oxygens (including phenoxy) is 1. The highest BCUT2D eigenvalue weighted by molar-refractivity contribution is 8.26. The van der Waals surface area contributed by atoms with E-state index >= 15 is 0 Å². The molecular formula is C22H17NO5S2. The maximum atomic E-state index is 12.7. The number of nitrogens with zero attached hydrogens (tertiary/aromatic N) is 1. The van der Waals surface area contributed by atoms with Crippen LogP contribution in [0.5, 0.6) is 0 Å². The van der Waals surface area contributed by atoms with E-state index in [0.29, 0.717) is 45.2 Å². The van der Waals surface area contributed by atoms with Crippen LogP contribution >= 0.6 is 24.0 Å². The van der Waals surface area contributed by atoms with Crippen LogP contribution in [0.4, 0.5) is 0 Å². The molecule has 1 saturated heterocycles. The molecule has 3 aromatic rings. The van der Waals surface area contributed by atoms with E-state index in [1.807, 2.05) is 6.07 Å². The minimum Gasteiger partial charge on any atom is -0.467 e. The Morgan fingerprint density at radius 1 is 1.20 bits per heavy atom. The Hall–Kier alpha value is -3.10. The Labute approximate surface area is 182 Å². The highest BCUT2D eigenvalue weighted by Crippen LogP contribution is 2.34. The van der Waals surface area contributed by atoms with Gasteiger partial charge in [-0.1, -0.05) is 36.1 Å². The van der Waals surface area contributed by atoms with Crippen LogP contribution in [0.2, 0.25) is 0 Å². The van der Waals surface area contributed by atoms with E-state index in [9.17, 15) is 9.59 Å². The molecule has 1 aromatic carbocycles. The third-order valence-corrected chi connectivity index (χ3v) is 5.73. The number of rotatable bonds is 6. The van der Waals surface area contributed by atoms with E-state index in [-0.39, 0.29) is 11.9 Å². The van der Waals surface area contributed by atoms with Crippen molar-refractivity contribution in [2.75, 3.05) is 6.61 Å². The molecule has 6 nitrogen and oxygen atoms in total. The molecule has 1 amide bonds. The molecule has 0 saturated carbocycles. The summed E-state index contributed by atoms with van der Waals surface area (Å²) in [6.45, 7) is 2.39. The van der Waals surface area contributed by atoms with Crippen molar-refractivity contribution in [2.45, 2.75) is 13.5 Å². The molecule has 152 valence electrons. The van der Waals surface area contributed by atoms with Gasteiger partial charge in [-0.2, -0.15) is 0 Å². The van der Waals surface area contributed by atoms with Gasteiger partial charge in [0.05, 0.1) is 29.9 Å². The van der Waals surface area contributed by atoms with Crippen molar-refractivity contribution in [3.05, 3.63) is 76.8 Å². The summed E-state index contributed by atoms with van der Waals surface area (Å²) in [7, 11) is 0. The van der Waals surface area contributed by atoms with Crippen molar-refractivity contribution < 1.29 is 23.2 Å². The van der Waals surface area contributed by atoms with Gasteiger partial charge in [-0.05, 0) is 43.3 Å². The third kappa shape index (κ3) is 4.24. The molecule has 30 heavy (non-hydrogen) atoms. The average molecular weight is 440 g/mol. The second-order valence-electron chi connectivity index (χ2n) is 6.35. The summed E-state index contributed by atoms with van der Waals surface area (Å²) < 4.78 is 16.6. The van der Waals surface area contributed by atoms with Crippen molar-refractivity contribution >= 4 is 46.3 Å². The molecule has 8 heteroatoms. The lowest BCUT2D eigenvalue weighted by atomic mass is 10.1. The number of carbonyl (C=O) groups is 2. The van der Waals surface area contributed by atoms with Gasteiger partial charge in [-0.25, -0.2) is 4.79 Å². The fraction of sp³-hybridized carbons (Fsp3) is 0.136. The van der Waals surface area contributed by atoms with Gasteiger partial charge < -0.3 is 13.6 Å². The number of esters is 1. The van der Waals surface area contributed by atoms with Gasteiger partial charge in [0.2, 0.25) is 0 Å². The van der Waals surface area contributed by atoms with E-state index in [2.05, 4.69) is 0 Å². The van der Waals surface area contributed by atoms with Crippen molar-refractivity contribution in [3.63, 3.8) is 0 Å². The number of thioether (sulfide) groups is 1. The van der Waals surface area contributed by atoms with Crippen LogP contribution in [0, 0.1) is 0 Å². The standard InChI is InChI=1S/C22H17NO5S2/c1-2-26-21(25)15-7-5-14(6-8-15)18-10-9-16(28-18)12-19-20(24)23(22(29)30-19)13-17-4-3-11-27-17/h3-12H,2,13H2,1H3/b19-12+. The molecule has 1 aliphatic rings. The number of amides is 1. The predicted molar refractivity (Wildman–Crippen MR) is 118 cm³/mol. The first-order valence-corrected chi connectivity index (χ1v) is 10.4. The zero-order valence-electron chi connectivity index (χ0n) is 16.0. The van der Waals surface area contributed by atoms with E-state index in [1.165, 1.54) is 16.7 Å². The molecule has 3 heterocycles. The normalized spacial score (nSPS) is 15.2. The van der Waals surface area contributed by atoms with Gasteiger partial charge in [0.15, 0.2) is 0 Å². The lowest BCUT2D eigenvalue weighted by Crippen LogP contribution is -2.27. The second kappa shape index (κ2) is 8.73. The van der Waals surface area contributed by atoms with Crippen LogP contribution in [0.25, 0.3) is 17.4 Å². The fourth-order valence-electron chi connectivity index (χ4n) is 2.89. The second-order valence-corrected chi connectivity index (χ2v) is 8.02. The molecule has 0 bridgehead atoms. The summed E-state index contributed by atoms with van der Waals surface area (Å²) >= 11 is 6.56. The van der Waals surface area contributed by atoms with Gasteiger partial charge in [0.1, 0.15) is 21.6 Å². The fourth-order valence-corrected chi connectivity index (χ4v) is 4.13. The monoisotopic (exact) mass is 439 g/mol. The summed E-state index contributed by atoms with van der Waals surface area (Å²) in [6, 6.07) is 14.1. The third-order valence-electron chi connectivity index (χ3n) is 4.35. The van der Waals surface area contributed by atoms with Gasteiger partial charge in [-0.15, -0.1) is 0 Å². The predicted octanol–water partition coefficient (Wildman–Crippen LogP) is 5.12. The first kappa shape index (κ1) is 20.2. The summed E-state index contributed by atoms with van der Waals surface area (Å²) in [6.07, 6.45) is 3.24. The number of furan rings is 2. The Balaban J connectivity index is 1.49. The largest absolute Gasteiger partial charge is 0.467 e. The van der Waals surface area contributed by atoms with Crippen LogP contribution in [-0.4, -0.2) is 27.7 Å². The lowest BCUT2D eigenvalue weighted by molar-refractivity contribution is -0.122. The van der Waals surface area contributed by atoms with Gasteiger partial charge in [0.25, 0.3) is 5.91 Å². The Morgan fingerprint density at radius 3 is 2.70 bits per heavy atom. The highest BCUT2D eigenvalue weighted by atomic mass is 32.2. The van der Waals surface area contributed by atoms with Crippen LogP contribution in [0.1, 0.15) is 28.8 Å². The Bertz CT molecular complexity index is 1110. The molecular weight excluding hydrogens is 422 g/mol. The van der Waals surface area contributed by atoms with Gasteiger partial charge >= 0.3 is 5.97 Å². The molecule has 0 N–H and O–H groups in total. The van der Waals surface area contributed by atoms with E-state index in [0.717, 1.165) is 5.56 Å². The molecule has 0 aliphatic carbocycles. The topological polar surface area (TPSA) is 72.9 Å². The molecule has 0 spiro atoms. The molecule has 0 atom stereocenters. The molecule has 0 unspecified atom stereocenters. The summed E-state index contributed by atoms with van der Waals surface area (Å²) in [5.41, 5.74) is 1.29. The zero-order valence-corrected chi connectivity index (χ0v) is 17.6. The summed E-state index contributed by atoms with van der Waals surface area (Å²) in [4.78, 5) is 26.5. The van der Waals surface area contributed by atoms with E-state index in [1.54, 1.807) is 61.7 Å². The van der Waals surface area contributed by atoms with Crippen LogP contribution in [-0.2, 0) is 16.1 Å². The Kier molecular flexibility index (Phi) is 5.87. The van der Waals surface area contributed by atoms with E-state index < -0.39 is 0 Å². The number of hydrogen-bond acceptors (Lipinski definition) is 7. The first-order valence-electron chi connectivity index (χ1n) is 9.20. The van der Waals surface area contributed by atoms with Crippen LogP contribution < -0.4 is 0 Å². The van der Waals surface area contributed by atoms with Crippen molar-refractivity contribution in [3.8, 4) is 11.3 Å². The molecule has 1 fully saturated rings. The van der Waals surface area contributed by atoms with Crippen molar-refractivity contribution in [2.24, 2.45) is 0 Å². The average Bonchev–Trinajstić information content (AvgIpc) is 3.48. The maximum absolute atomic E-state index is 12.7. The van der Waals surface area contributed by atoms with Gasteiger partial charge in [0, 0.05) is 11.6 Å². The molecule has 1 aliphatic heterocycles. The summed E-state index contributed by atoms with van der Waals surface area (Å²) in [5.74, 6) is 1.29. The first-order chi connectivity index (χ1) is 14.5. The maximum Gasteiger partial charge on any atom is 0.338 e. The molecule has 2 aromatic heterocycles. The number of hydrogen-bond donors (Lipinski definition) is 0. The smallest absolute Gasteiger partial charge is 0.338 e. The van der Waals surface area contributed by atoms with Crippen molar-refractivity contribution in [1.29, 1.82) is 0 Å². The minimum atomic E-state index is -0.360. The van der Waals surface area contributed by atoms with Gasteiger partial charge in [-0.3, -0.25) is 9.69 Å². The number of carbonyl (C=O) groups excluding carboxylic acids is 2. The summed E-state index contributed by atoms with van der Waals surface area (Å²) in [5, 5.41) is 0. The zero-order chi connectivity index (χ0) is 21.1. The number of benzene rings is 1. The molecule has 4 rings (SSSR count). The van der Waals surface area contributed by atoms with E-state index in [4.69, 9.17) is 25.8 Å². The van der Waals surface area contributed by atoms with Crippen molar-refractivity contribution in [1.82, 2.24) is 4.90 Å². The van der Waals surface area contributed by atoms with Crippen LogP contribution in [0.3, 0.4) is 0 Å². The van der Waals surface area contributed by atoms with Crippen LogP contribution in [0.15, 0.2) is 68.5 Å². The Morgan fingerprint density at radius 2 is 2.00 bits per heavy atom. The minimum absolute atomic E-state index is 0.182. The molecule has 0 radical (unpaired) electrons. The lowest BCUT2D eigenvalue weighted by Gasteiger charge is -2.11.